The molecule has 3 aliphatic carbocycles. The molecule has 5 rings (SSSR count). The minimum atomic E-state index is -2.68. The molecule has 0 heterocycles. The summed E-state index contributed by atoms with van der Waals surface area (Å²) in [6.07, 6.45) is 0.285. The number of nitrogens with two attached hydrogens (primary N) is 1. The van der Waals surface area contributed by atoms with Gasteiger partial charge in [-0.05, 0) is 48.1 Å². The fourth-order valence-corrected chi connectivity index (χ4v) is 5.82. The van der Waals surface area contributed by atoms with Crippen LogP contribution in [0.1, 0.15) is 23.1 Å². The number of ether oxygens (including phenoxy) is 1. The van der Waals surface area contributed by atoms with Gasteiger partial charge in [-0.3, -0.25) is 14.4 Å². The molecule has 0 bridgehead atoms. The van der Waals surface area contributed by atoms with E-state index in [0.29, 0.717) is 11.3 Å². The van der Waals surface area contributed by atoms with E-state index in [1.165, 1.54) is 13.2 Å². The molecule has 10 nitrogen and oxygen atoms in total. The zero-order valence-electron chi connectivity index (χ0n) is 19.9. The highest BCUT2D eigenvalue weighted by molar-refractivity contribution is 6.24. The molecule has 0 radical (unpaired) electrons. The van der Waals surface area contributed by atoms with Crippen LogP contribution in [-0.4, -0.2) is 56.7 Å². The monoisotopic (exact) mass is 506 g/mol. The predicted octanol–water partition coefficient (Wildman–Crippen LogP) is 1.20. The van der Waals surface area contributed by atoms with Crippen molar-refractivity contribution < 1.29 is 39.5 Å². The summed E-state index contributed by atoms with van der Waals surface area (Å²) in [5, 5.41) is 46.9. The van der Waals surface area contributed by atoms with Crippen LogP contribution in [0.2, 0.25) is 0 Å². The second-order valence-corrected chi connectivity index (χ2v) is 9.57. The number of carbonyl (C=O) groups excluding carboxylic acids is 3. The third kappa shape index (κ3) is 3.59. The molecule has 1 amide bonds. The van der Waals surface area contributed by atoms with E-state index < -0.39 is 58.0 Å². The highest BCUT2D eigenvalue weighted by atomic mass is 16.5. The molecular formula is C27H26N2O8. The number of nitrogens with one attached hydrogen (secondary N) is 1. The first-order valence-corrected chi connectivity index (χ1v) is 11.7. The third-order valence-electron chi connectivity index (χ3n) is 7.62. The van der Waals surface area contributed by atoms with E-state index in [1.807, 2.05) is 0 Å². The van der Waals surface area contributed by atoms with Crippen molar-refractivity contribution in [1.82, 2.24) is 5.32 Å². The maximum atomic E-state index is 13.8. The Morgan fingerprint density at radius 3 is 2.49 bits per heavy atom. The van der Waals surface area contributed by atoms with Crippen molar-refractivity contribution in [2.45, 2.75) is 31.0 Å². The number of primary amides is 1. The molecule has 192 valence electrons. The Morgan fingerprint density at radius 1 is 1.14 bits per heavy atom. The summed E-state index contributed by atoms with van der Waals surface area (Å²) in [5.41, 5.74) is 3.10. The highest BCUT2D eigenvalue weighted by Crippen LogP contribution is 2.51. The Balaban J connectivity index is 1.59. The minimum absolute atomic E-state index is 0.0266. The molecule has 10 heteroatoms. The van der Waals surface area contributed by atoms with Crippen molar-refractivity contribution in [1.29, 1.82) is 0 Å². The Labute approximate surface area is 211 Å². The molecule has 0 aromatic heterocycles. The van der Waals surface area contributed by atoms with Gasteiger partial charge in [0.1, 0.15) is 28.6 Å². The standard InChI is InChI=1S/C27H26N2O8/c1-37-15-7-5-12(6-8-15)11-29-21-16-10-14-9-13-3-2-4-17(30)18(13)22(31)19(14)24(33)27(16,36)25(34)20(23(21)32)26(28)35/h2-8,14,16,21,29-31,34,36H,9-11H2,1H3,(H2,28,35)/t14-,16-,21+,27-/m0/s1. The number of fused-ring (bicyclic) bond motifs is 3. The molecule has 2 aromatic carbocycles. The van der Waals surface area contributed by atoms with Crippen LogP contribution in [0, 0.1) is 11.8 Å². The van der Waals surface area contributed by atoms with Crippen LogP contribution >= 0.6 is 0 Å². The van der Waals surface area contributed by atoms with Gasteiger partial charge in [-0.15, -0.1) is 0 Å². The summed E-state index contributed by atoms with van der Waals surface area (Å²) in [5.74, 6) is -6.15. The van der Waals surface area contributed by atoms with Gasteiger partial charge in [0.25, 0.3) is 5.91 Å². The predicted molar refractivity (Wildman–Crippen MR) is 130 cm³/mol. The lowest BCUT2D eigenvalue weighted by Crippen LogP contribution is -2.66. The number of hydrogen-bond acceptors (Lipinski definition) is 9. The summed E-state index contributed by atoms with van der Waals surface area (Å²) in [6.45, 7) is 0.142. The molecule has 0 aliphatic heterocycles. The van der Waals surface area contributed by atoms with Crippen LogP contribution in [-0.2, 0) is 27.3 Å². The Morgan fingerprint density at radius 2 is 1.84 bits per heavy atom. The molecular weight excluding hydrogens is 480 g/mol. The van der Waals surface area contributed by atoms with Crippen molar-refractivity contribution in [3.05, 3.63) is 76.1 Å². The van der Waals surface area contributed by atoms with E-state index in [-0.39, 0.29) is 36.3 Å². The lowest BCUT2D eigenvalue weighted by molar-refractivity contribution is -0.150. The van der Waals surface area contributed by atoms with Crippen molar-refractivity contribution in [3.63, 3.8) is 0 Å². The van der Waals surface area contributed by atoms with E-state index >= 15 is 0 Å². The van der Waals surface area contributed by atoms with Gasteiger partial charge in [0.05, 0.1) is 18.7 Å². The van der Waals surface area contributed by atoms with E-state index in [0.717, 1.165) is 5.56 Å². The number of ketones is 2. The number of aromatic hydroxyl groups is 1. The van der Waals surface area contributed by atoms with Crippen molar-refractivity contribution in [3.8, 4) is 11.5 Å². The number of carbonyl (C=O) groups is 3. The van der Waals surface area contributed by atoms with Crippen LogP contribution in [0.4, 0.5) is 0 Å². The zero-order valence-corrected chi connectivity index (χ0v) is 19.9. The fourth-order valence-electron chi connectivity index (χ4n) is 5.82. The van der Waals surface area contributed by atoms with Gasteiger partial charge in [0.15, 0.2) is 11.4 Å². The number of methoxy groups -OCH3 is 1. The molecule has 4 atom stereocenters. The number of hydrogen-bond donors (Lipinski definition) is 6. The zero-order chi connectivity index (χ0) is 26.6. The van der Waals surface area contributed by atoms with Crippen molar-refractivity contribution >= 4 is 23.2 Å². The first kappa shape index (κ1) is 24.5. The second kappa shape index (κ2) is 8.75. The van der Waals surface area contributed by atoms with Crippen LogP contribution in [0.5, 0.6) is 11.5 Å². The Hall–Kier alpha value is -4.15. The average molecular weight is 507 g/mol. The van der Waals surface area contributed by atoms with Gasteiger partial charge in [0, 0.05) is 18.0 Å². The molecule has 2 aromatic rings. The SMILES string of the molecule is COc1ccc(CN[C@H]2C(=O)C(C(N)=O)=C(O)[C@@]3(O)C(=O)C4=C(O)c5c(O)cccc5C[C@H]4C[C@@H]23)cc1. The topological polar surface area (TPSA) is 179 Å². The first-order valence-electron chi connectivity index (χ1n) is 11.7. The first-order chi connectivity index (χ1) is 17.6. The number of rotatable bonds is 5. The average Bonchev–Trinajstić information content (AvgIpc) is 2.86. The van der Waals surface area contributed by atoms with Gasteiger partial charge in [-0.25, -0.2) is 0 Å². The van der Waals surface area contributed by atoms with Crippen LogP contribution < -0.4 is 15.8 Å². The lowest BCUT2D eigenvalue weighted by atomic mass is 9.57. The Bertz CT molecular complexity index is 1390. The summed E-state index contributed by atoms with van der Waals surface area (Å²) >= 11 is 0. The largest absolute Gasteiger partial charge is 0.508 e. The number of benzene rings is 2. The number of aliphatic hydroxyl groups excluding tert-OH is 2. The van der Waals surface area contributed by atoms with E-state index in [9.17, 15) is 34.8 Å². The molecule has 0 unspecified atom stereocenters. The van der Waals surface area contributed by atoms with Gasteiger partial charge in [0.2, 0.25) is 5.78 Å². The minimum Gasteiger partial charge on any atom is -0.508 e. The van der Waals surface area contributed by atoms with Gasteiger partial charge >= 0.3 is 0 Å². The number of phenolic OH excluding ortho intramolecular Hbond substituents is 1. The van der Waals surface area contributed by atoms with Crippen LogP contribution in [0.25, 0.3) is 5.76 Å². The van der Waals surface area contributed by atoms with Gasteiger partial charge in [-0.1, -0.05) is 24.3 Å². The maximum absolute atomic E-state index is 13.8. The molecule has 37 heavy (non-hydrogen) atoms. The fraction of sp³-hybridized carbons (Fsp3) is 0.296. The smallest absolute Gasteiger partial charge is 0.255 e. The molecule has 0 saturated heterocycles. The number of amides is 1. The number of Topliss-reactive ketones (excluding diaryl/α,β-unsaturated/α-hetero) is 2. The van der Waals surface area contributed by atoms with Crippen molar-refractivity contribution in [2.24, 2.45) is 17.6 Å². The number of phenols is 1. The summed E-state index contributed by atoms with van der Waals surface area (Å²) < 4.78 is 5.15. The number of aliphatic hydroxyl groups is 3. The Kier molecular flexibility index (Phi) is 5.81. The molecule has 0 spiro atoms. The summed E-state index contributed by atoms with van der Waals surface area (Å²) in [6, 6.07) is 10.5. The van der Waals surface area contributed by atoms with Gasteiger partial charge < -0.3 is 36.2 Å². The summed E-state index contributed by atoms with van der Waals surface area (Å²) in [7, 11) is 1.53. The third-order valence-corrected chi connectivity index (χ3v) is 7.62. The molecule has 7 N–H and O–H groups in total. The van der Waals surface area contributed by atoms with Crippen LogP contribution in [0.15, 0.2) is 59.4 Å². The second-order valence-electron chi connectivity index (χ2n) is 9.57. The maximum Gasteiger partial charge on any atom is 0.255 e. The highest BCUT2D eigenvalue weighted by Gasteiger charge is 2.63. The molecule has 3 aliphatic rings. The van der Waals surface area contributed by atoms with E-state index in [2.05, 4.69) is 5.32 Å². The lowest BCUT2D eigenvalue weighted by Gasteiger charge is -2.49. The summed E-state index contributed by atoms with van der Waals surface area (Å²) in [4.78, 5) is 39.3. The molecule has 1 fully saturated rings. The van der Waals surface area contributed by atoms with E-state index in [1.54, 1.807) is 36.4 Å². The van der Waals surface area contributed by atoms with Gasteiger partial charge in [-0.2, -0.15) is 0 Å². The molecule has 1 saturated carbocycles. The quantitative estimate of drug-likeness (QED) is 0.325. The normalized spacial score (nSPS) is 26.9. The van der Waals surface area contributed by atoms with Crippen molar-refractivity contribution in [2.75, 3.05) is 7.11 Å². The van der Waals surface area contributed by atoms with E-state index in [4.69, 9.17) is 10.5 Å². The van der Waals surface area contributed by atoms with Crippen LogP contribution in [0.3, 0.4) is 0 Å².